The number of nitrogens with zero attached hydrogens (tertiary/aromatic N) is 1. The van der Waals surface area contributed by atoms with E-state index >= 15 is 0 Å². The van der Waals surface area contributed by atoms with Crippen LogP contribution in [0.25, 0.3) is 0 Å². The Morgan fingerprint density at radius 2 is 2.29 bits per heavy atom. The summed E-state index contributed by atoms with van der Waals surface area (Å²) >= 11 is 0. The largest absolute Gasteiger partial charge is 0.395 e. The fourth-order valence-electron chi connectivity index (χ4n) is 1.48. The van der Waals surface area contributed by atoms with Crippen LogP contribution in [0.1, 0.15) is 13.3 Å². The summed E-state index contributed by atoms with van der Waals surface area (Å²) in [6.07, 6.45) is 0.658. The monoisotopic (exact) mass is 222 g/mol. The lowest BCUT2D eigenvalue weighted by atomic mass is 10.4. The Bertz CT molecular complexity index is 272. The molecule has 0 radical (unpaired) electrons. The molecule has 5 nitrogen and oxygen atoms in total. The molecule has 1 aliphatic heterocycles. The molecule has 2 N–H and O–H groups in total. The molecule has 1 aliphatic rings. The second-order valence-corrected chi connectivity index (χ2v) is 5.98. The van der Waals surface area contributed by atoms with Gasteiger partial charge in [0, 0.05) is 19.6 Å². The fourth-order valence-corrected chi connectivity index (χ4v) is 3.27. The van der Waals surface area contributed by atoms with Crippen LogP contribution in [-0.2, 0) is 10.0 Å². The molecule has 1 saturated heterocycles. The van der Waals surface area contributed by atoms with Gasteiger partial charge < -0.3 is 10.4 Å². The minimum absolute atomic E-state index is 0.143. The van der Waals surface area contributed by atoms with Crippen LogP contribution in [0.5, 0.6) is 0 Å². The van der Waals surface area contributed by atoms with Crippen LogP contribution in [0.4, 0.5) is 0 Å². The van der Waals surface area contributed by atoms with Crippen molar-refractivity contribution in [1.29, 1.82) is 0 Å². The third-order valence-corrected chi connectivity index (χ3v) is 5.13. The van der Waals surface area contributed by atoms with Crippen LogP contribution in [0.2, 0.25) is 0 Å². The Morgan fingerprint density at radius 3 is 2.71 bits per heavy atom. The second kappa shape index (κ2) is 4.57. The highest BCUT2D eigenvalue weighted by Crippen LogP contribution is 2.15. The van der Waals surface area contributed by atoms with Crippen LogP contribution in [0, 0.1) is 0 Å². The normalized spacial score (nSPS) is 25.6. The molecular weight excluding hydrogens is 204 g/mol. The Kier molecular flexibility index (Phi) is 3.88. The van der Waals surface area contributed by atoms with Gasteiger partial charge in [0.1, 0.15) is 0 Å². The Morgan fingerprint density at radius 1 is 1.64 bits per heavy atom. The van der Waals surface area contributed by atoms with Crippen LogP contribution in [-0.4, -0.2) is 55.9 Å². The number of hydrogen-bond donors (Lipinski definition) is 2. The fraction of sp³-hybridized carbons (Fsp3) is 1.00. The molecule has 1 rings (SSSR count). The van der Waals surface area contributed by atoms with E-state index in [-0.39, 0.29) is 17.9 Å². The molecule has 0 amide bonds. The molecule has 2 atom stereocenters. The molecule has 0 aliphatic carbocycles. The topological polar surface area (TPSA) is 69.6 Å². The van der Waals surface area contributed by atoms with Crippen molar-refractivity contribution < 1.29 is 13.5 Å². The Hall–Kier alpha value is -0.170. The number of hydrogen-bond acceptors (Lipinski definition) is 4. The van der Waals surface area contributed by atoms with E-state index < -0.39 is 10.0 Å². The van der Waals surface area contributed by atoms with Crippen LogP contribution in [0.3, 0.4) is 0 Å². The summed E-state index contributed by atoms with van der Waals surface area (Å²) in [5.41, 5.74) is 0. The molecule has 0 aromatic heterocycles. The third kappa shape index (κ3) is 2.25. The van der Waals surface area contributed by atoms with Crippen molar-refractivity contribution in [2.24, 2.45) is 0 Å². The van der Waals surface area contributed by atoms with Gasteiger partial charge >= 0.3 is 0 Å². The first-order chi connectivity index (χ1) is 6.50. The predicted molar refractivity (Wildman–Crippen MR) is 54.5 cm³/mol. The third-order valence-electron chi connectivity index (χ3n) is 2.72. The van der Waals surface area contributed by atoms with Crippen molar-refractivity contribution >= 4 is 10.0 Å². The maximum Gasteiger partial charge on any atom is 0.218 e. The predicted octanol–water partition coefficient (Wildman–Crippen LogP) is -1.01. The van der Waals surface area contributed by atoms with E-state index in [0.717, 1.165) is 6.54 Å². The first kappa shape index (κ1) is 11.9. The average Bonchev–Trinajstić information content (AvgIpc) is 2.68. The van der Waals surface area contributed by atoms with Gasteiger partial charge in [-0.05, 0) is 19.9 Å². The first-order valence-corrected chi connectivity index (χ1v) is 6.29. The van der Waals surface area contributed by atoms with Crippen LogP contribution < -0.4 is 5.32 Å². The van der Waals surface area contributed by atoms with Crippen molar-refractivity contribution in [2.45, 2.75) is 24.6 Å². The van der Waals surface area contributed by atoms with Gasteiger partial charge in [-0.2, -0.15) is 4.31 Å². The van der Waals surface area contributed by atoms with Gasteiger partial charge in [-0.1, -0.05) is 0 Å². The van der Waals surface area contributed by atoms with E-state index in [1.807, 2.05) is 0 Å². The number of aliphatic hydroxyl groups excluding tert-OH is 1. The van der Waals surface area contributed by atoms with E-state index in [0.29, 0.717) is 13.0 Å². The zero-order valence-corrected chi connectivity index (χ0v) is 9.42. The minimum atomic E-state index is -3.24. The molecule has 14 heavy (non-hydrogen) atoms. The smallest absolute Gasteiger partial charge is 0.218 e. The summed E-state index contributed by atoms with van der Waals surface area (Å²) in [4.78, 5) is 0. The first-order valence-electron chi connectivity index (χ1n) is 4.78. The average molecular weight is 222 g/mol. The van der Waals surface area contributed by atoms with Gasteiger partial charge in [-0.25, -0.2) is 8.42 Å². The van der Waals surface area contributed by atoms with Gasteiger partial charge in [-0.3, -0.25) is 0 Å². The molecule has 84 valence electrons. The van der Waals surface area contributed by atoms with E-state index in [4.69, 9.17) is 5.11 Å². The highest BCUT2D eigenvalue weighted by atomic mass is 32.2. The quantitative estimate of drug-likeness (QED) is 0.639. The van der Waals surface area contributed by atoms with Crippen molar-refractivity contribution in [1.82, 2.24) is 9.62 Å². The molecule has 1 heterocycles. The zero-order valence-electron chi connectivity index (χ0n) is 8.60. The molecule has 2 unspecified atom stereocenters. The molecule has 0 spiro atoms. The Labute approximate surface area is 85.2 Å². The van der Waals surface area contributed by atoms with Gasteiger partial charge in [0.25, 0.3) is 0 Å². The molecule has 0 aromatic rings. The highest BCUT2D eigenvalue weighted by Gasteiger charge is 2.33. The number of sulfonamides is 1. The van der Waals surface area contributed by atoms with E-state index in [1.165, 1.54) is 11.4 Å². The van der Waals surface area contributed by atoms with Crippen LogP contribution >= 0.6 is 0 Å². The van der Waals surface area contributed by atoms with E-state index in [1.54, 1.807) is 6.92 Å². The number of likely N-dealkylation sites (N-methyl/N-ethyl adjacent to an activating group) is 1. The zero-order chi connectivity index (χ0) is 10.8. The standard InChI is InChI=1S/C8H18N2O3S/c1-7(6-11)10(2)14(12,13)8-3-4-9-5-8/h7-9,11H,3-6H2,1-2H3. The van der Waals surface area contributed by atoms with E-state index in [9.17, 15) is 8.42 Å². The summed E-state index contributed by atoms with van der Waals surface area (Å²) in [7, 11) is -1.72. The molecule has 0 saturated carbocycles. The van der Waals surface area contributed by atoms with Crippen molar-refractivity contribution in [3.8, 4) is 0 Å². The van der Waals surface area contributed by atoms with Gasteiger partial charge in [0.2, 0.25) is 10.0 Å². The van der Waals surface area contributed by atoms with Crippen LogP contribution in [0.15, 0.2) is 0 Å². The second-order valence-electron chi connectivity index (χ2n) is 3.71. The molecule has 0 aromatic carbocycles. The number of aliphatic hydroxyl groups is 1. The van der Waals surface area contributed by atoms with Gasteiger partial charge in [-0.15, -0.1) is 0 Å². The van der Waals surface area contributed by atoms with Gasteiger partial charge in [0.05, 0.1) is 11.9 Å². The lowest BCUT2D eigenvalue weighted by Gasteiger charge is -2.25. The molecule has 1 fully saturated rings. The molecular formula is C8H18N2O3S. The lowest BCUT2D eigenvalue weighted by molar-refractivity contribution is 0.213. The lowest BCUT2D eigenvalue weighted by Crippen LogP contribution is -2.43. The molecule has 6 heteroatoms. The summed E-state index contributed by atoms with van der Waals surface area (Å²) in [6, 6.07) is -0.347. The maximum absolute atomic E-state index is 11.9. The van der Waals surface area contributed by atoms with Crippen molar-refractivity contribution in [2.75, 3.05) is 26.7 Å². The SMILES string of the molecule is CC(CO)N(C)S(=O)(=O)C1CCNC1. The minimum Gasteiger partial charge on any atom is -0.395 e. The maximum atomic E-state index is 11.9. The summed E-state index contributed by atoms with van der Waals surface area (Å²) < 4.78 is 25.1. The Balaban J connectivity index is 2.73. The van der Waals surface area contributed by atoms with E-state index in [2.05, 4.69) is 5.32 Å². The molecule has 0 bridgehead atoms. The van der Waals surface area contributed by atoms with Crippen molar-refractivity contribution in [3.05, 3.63) is 0 Å². The van der Waals surface area contributed by atoms with Gasteiger partial charge in [0.15, 0.2) is 0 Å². The number of rotatable bonds is 4. The summed E-state index contributed by atoms with van der Waals surface area (Å²) in [5, 5.41) is 11.6. The summed E-state index contributed by atoms with van der Waals surface area (Å²) in [5.74, 6) is 0. The van der Waals surface area contributed by atoms with Crippen molar-refractivity contribution in [3.63, 3.8) is 0 Å². The highest BCUT2D eigenvalue weighted by molar-refractivity contribution is 7.89. The summed E-state index contributed by atoms with van der Waals surface area (Å²) in [6.45, 7) is 2.83. The number of nitrogens with one attached hydrogen (secondary N) is 1.